The number of para-hydroxylation sites is 1. The molecule has 3 aromatic carbocycles. The van der Waals surface area contributed by atoms with Gasteiger partial charge < -0.3 is 14.8 Å². The third-order valence-electron chi connectivity index (χ3n) is 7.46. The third-order valence-corrected chi connectivity index (χ3v) is 8.44. The summed E-state index contributed by atoms with van der Waals surface area (Å²) >= 11 is 1.31. The maximum Gasteiger partial charge on any atom is 0.271 e. The molecule has 1 N–H and O–H groups in total. The molecule has 0 saturated carbocycles. The van der Waals surface area contributed by atoms with Crippen molar-refractivity contribution in [2.24, 2.45) is 4.99 Å². The Bertz CT molecular complexity index is 1880. The van der Waals surface area contributed by atoms with Crippen molar-refractivity contribution >= 4 is 29.0 Å². The standard InChI is InChI=1S/C34H35N3O4S/c1-20-10-8-9-11-25(20)36-31(38)29-21(2)35-33-37(30(29)23-14-17-26(40-6)27(19-23)41-7)32(39)28(42-33)18-22-12-15-24(16-13-22)34(3,4)5/h8-19,30H,1-7H3,(H,36,38)/b28-18-/t30-/m1/s1. The molecule has 0 bridgehead atoms. The van der Waals surface area contributed by atoms with Gasteiger partial charge in [-0.2, -0.15) is 0 Å². The molecule has 0 fully saturated rings. The first-order chi connectivity index (χ1) is 20.0. The highest BCUT2D eigenvalue weighted by atomic mass is 32.1. The maximum atomic E-state index is 14.1. The normalized spacial score (nSPS) is 15.2. The van der Waals surface area contributed by atoms with Gasteiger partial charge in [-0.3, -0.25) is 14.2 Å². The second-order valence-electron chi connectivity index (χ2n) is 11.3. The number of nitrogens with zero attached hydrogens (tertiary/aromatic N) is 2. The summed E-state index contributed by atoms with van der Waals surface area (Å²) in [7, 11) is 3.13. The minimum absolute atomic E-state index is 0.0318. The smallest absolute Gasteiger partial charge is 0.271 e. The van der Waals surface area contributed by atoms with Crippen molar-refractivity contribution in [1.29, 1.82) is 0 Å². The fraction of sp³-hybridized carbons (Fsp3) is 0.265. The fourth-order valence-electron chi connectivity index (χ4n) is 5.08. The van der Waals surface area contributed by atoms with E-state index >= 15 is 0 Å². The van der Waals surface area contributed by atoms with Crippen LogP contribution in [0.4, 0.5) is 5.69 Å². The molecule has 1 amide bonds. The molecule has 0 saturated heterocycles. The zero-order valence-corrected chi connectivity index (χ0v) is 25.8. The molecule has 5 rings (SSSR count). The number of carbonyl (C=O) groups is 1. The molecular formula is C34H35N3O4S. The molecule has 1 aliphatic rings. The van der Waals surface area contributed by atoms with Crippen LogP contribution in [0.3, 0.4) is 0 Å². The summed E-state index contributed by atoms with van der Waals surface area (Å²) in [6, 6.07) is 20.5. The Morgan fingerprint density at radius 3 is 2.31 bits per heavy atom. The van der Waals surface area contributed by atoms with E-state index in [2.05, 4.69) is 38.2 Å². The monoisotopic (exact) mass is 581 g/mol. The van der Waals surface area contributed by atoms with Gasteiger partial charge in [0.05, 0.1) is 36.1 Å². The summed E-state index contributed by atoms with van der Waals surface area (Å²) in [5.41, 5.74) is 5.23. The van der Waals surface area contributed by atoms with Crippen LogP contribution in [0.1, 0.15) is 56.0 Å². The first-order valence-electron chi connectivity index (χ1n) is 13.7. The summed E-state index contributed by atoms with van der Waals surface area (Å²) in [5, 5.41) is 3.04. The number of carbonyl (C=O) groups excluding carboxylic acids is 1. The number of amides is 1. The second kappa shape index (κ2) is 11.4. The van der Waals surface area contributed by atoms with Crippen LogP contribution >= 0.6 is 11.3 Å². The zero-order chi connectivity index (χ0) is 30.2. The quantitative estimate of drug-likeness (QED) is 0.326. The Morgan fingerprint density at radius 1 is 0.976 bits per heavy atom. The van der Waals surface area contributed by atoms with Gasteiger partial charge in [0.25, 0.3) is 11.5 Å². The van der Waals surface area contributed by atoms with Gasteiger partial charge in [0.2, 0.25) is 0 Å². The highest BCUT2D eigenvalue weighted by Crippen LogP contribution is 2.36. The van der Waals surface area contributed by atoms with Crippen LogP contribution in [0.2, 0.25) is 0 Å². The van der Waals surface area contributed by atoms with E-state index in [1.165, 1.54) is 16.9 Å². The van der Waals surface area contributed by atoms with Gasteiger partial charge in [-0.15, -0.1) is 0 Å². The van der Waals surface area contributed by atoms with Gasteiger partial charge in [-0.1, -0.05) is 80.6 Å². The summed E-state index contributed by atoms with van der Waals surface area (Å²) < 4.78 is 13.2. The van der Waals surface area contributed by atoms with E-state index in [-0.39, 0.29) is 16.9 Å². The topological polar surface area (TPSA) is 81.9 Å². The van der Waals surface area contributed by atoms with Crippen LogP contribution < -0.4 is 29.7 Å². The van der Waals surface area contributed by atoms with E-state index in [0.29, 0.717) is 43.4 Å². The van der Waals surface area contributed by atoms with Gasteiger partial charge in [0.15, 0.2) is 16.3 Å². The Morgan fingerprint density at radius 2 is 1.67 bits per heavy atom. The first kappa shape index (κ1) is 29.1. The lowest BCUT2D eigenvalue weighted by Gasteiger charge is -2.26. The number of nitrogens with one attached hydrogen (secondary N) is 1. The average molecular weight is 582 g/mol. The number of thiazole rings is 1. The lowest BCUT2D eigenvalue weighted by atomic mass is 9.87. The van der Waals surface area contributed by atoms with Gasteiger partial charge in [0, 0.05) is 5.69 Å². The molecule has 7 nitrogen and oxygen atoms in total. The SMILES string of the molecule is COc1ccc([C@@H]2C(C(=O)Nc3ccccc3C)=C(C)N=c3s/c(=C\c4ccc(C(C)(C)C)cc4)c(=O)n32)cc1OC. The number of fused-ring (bicyclic) bond motifs is 1. The summed E-state index contributed by atoms with van der Waals surface area (Å²) in [6.45, 7) is 10.3. The molecule has 1 atom stereocenters. The highest BCUT2D eigenvalue weighted by Gasteiger charge is 2.33. The predicted molar refractivity (Wildman–Crippen MR) is 168 cm³/mol. The Kier molecular flexibility index (Phi) is 7.93. The van der Waals surface area contributed by atoms with E-state index in [0.717, 1.165) is 11.1 Å². The molecule has 0 spiro atoms. The van der Waals surface area contributed by atoms with E-state index in [4.69, 9.17) is 14.5 Å². The lowest BCUT2D eigenvalue weighted by Crippen LogP contribution is -2.40. The van der Waals surface area contributed by atoms with Crippen LogP contribution in [0.25, 0.3) is 6.08 Å². The molecule has 42 heavy (non-hydrogen) atoms. The van der Waals surface area contributed by atoms with E-state index in [9.17, 15) is 9.59 Å². The predicted octanol–water partition coefficient (Wildman–Crippen LogP) is 5.50. The summed E-state index contributed by atoms with van der Waals surface area (Å²) in [5.74, 6) is 0.737. The van der Waals surface area contributed by atoms with E-state index in [1.54, 1.807) is 24.9 Å². The number of aryl methyl sites for hydroxylation is 1. The second-order valence-corrected chi connectivity index (χ2v) is 12.3. The van der Waals surface area contributed by atoms with Crippen molar-refractivity contribution in [3.05, 3.63) is 120 Å². The van der Waals surface area contributed by atoms with Gasteiger partial charge >= 0.3 is 0 Å². The first-order valence-corrected chi connectivity index (χ1v) is 14.6. The van der Waals surface area contributed by atoms with Gasteiger partial charge in [0.1, 0.15) is 0 Å². The number of aromatic nitrogens is 1. The van der Waals surface area contributed by atoms with Crippen molar-refractivity contribution in [2.75, 3.05) is 19.5 Å². The van der Waals surface area contributed by atoms with Crippen LogP contribution in [0.15, 0.2) is 87.8 Å². The van der Waals surface area contributed by atoms with Crippen molar-refractivity contribution in [3.63, 3.8) is 0 Å². The molecule has 216 valence electrons. The number of allylic oxidation sites excluding steroid dienone is 1. The number of hydrogen-bond donors (Lipinski definition) is 1. The van der Waals surface area contributed by atoms with E-state index in [1.807, 2.05) is 68.5 Å². The number of anilines is 1. The van der Waals surface area contributed by atoms with E-state index < -0.39 is 6.04 Å². The number of benzene rings is 3. The molecule has 1 aromatic heterocycles. The Hall–Kier alpha value is -4.43. The third kappa shape index (κ3) is 5.54. The van der Waals surface area contributed by atoms with Crippen molar-refractivity contribution < 1.29 is 14.3 Å². The molecule has 4 aromatic rings. The van der Waals surface area contributed by atoms with Crippen molar-refractivity contribution in [1.82, 2.24) is 4.57 Å². The Balaban J connectivity index is 1.67. The molecular weight excluding hydrogens is 546 g/mol. The zero-order valence-electron chi connectivity index (χ0n) is 24.9. The average Bonchev–Trinajstić information content (AvgIpc) is 3.26. The Labute approximate surface area is 249 Å². The summed E-state index contributed by atoms with van der Waals surface area (Å²) in [4.78, 5) is 33.3. The fourth-order valence-corrected chi connectivity index (χ4v) is 6.13. The van der Waals surface area contributed by atoms with Gasteiger partial charge in [-0.25, -0.2) is 4.99 Å². The molecule has 8 heteroatoms. The molecule has 1 aliphatic heterocycles. The molecule has 0 unspecified atom stereocenters. The molecule has 0 radical (unpaired) electrons. The summed E-state index contributed by atoms with van der Waals surface area (Å²) in [6.07, 6.45) is 1.88. The van der Waals surface area contributed by atoms with Crippen LogP contribution in [-0.2, 0) is 10.2 Å². The minimum atomic E-state index is -0.726. The van der Waals surface area contributed by atoms with Crippen LogP contribution in [0, 0.1) is 6.92 Å². The van der Waals surface area contributed by atoms with Gasteiger partial charge in [-0.05, 0) is 65.8 Å². The highest BCUT2D eigenvalue weighted by molar-refractivity contribution is 7.07. The van der Waals surface area contributed by atoms with Crippen molar-refractivity contribution in [2.45, 2.75) is 46.1 Å². The lowest BCUT2D eigenvalue weighted by molar-refractivity contribution is -0.113. The number of methoxy groups -OCH3 is 2. The van der Waals surface area contributed by atoms with Crippen LogP contribution in [0.5, 0.6) is 11.5 Å². The minimum Gasteiger partial charge on any atom is -0.493 e. The van der Waals surface area contributed by atoms with Crippen LogP contribution in [-0.4, -0.2) is 24.7 Å². The van der Waals surface area contributed by atoms with Crippen molar-refractivity contribution in [3.8, 4) is 11.5 Å². The maximum absolute atomic E-state index is 14.1. The molecule has 0 aliphatic carbocycles. The number of ether oxygens (including phenoxy) is 2. The number of rotatable bonds is 6. The largest absolute Gasteiger partial charge is 0.493 e. The number of hydrogen-bond acceptors (Lipinski definition) is 6. The molecule has 2 heterocycles.